The third-order valence-electron chi connectivity index (χ3n) is 5.83. The largest absolute Gasteiger partial charge is 0.363 e. The van der Waals surface area contributed by atoms with E-state index in [4.69, 9.17) is 4.98 Å². The summed E-state index contributed by atoms with van der Waals surface area (Å²) in [5.41, 5.74) is 0. The normalized spacial score (nSPS) is 17.2. The number of hydrogen-bond donors (Lipinski definition) is 0. The number of aromatic nitrogens is 6. The van der Waals surface area contributed by atoms with Crippen LogP contribution in [0.5, 0.6) is 0 Å². The molecule has 0 aromatic carbocycles. The summed E-state index contributed by atoms with van der Waals surface area (Å²) in [6.45, 7) is 1.91. The summed E-state index contributed by atoms with van der Waals surface area (Å²) in [4.78, 5) is 25.1. The highest BCUT2D eigenvalue weighted by Crippen LogP contribution is 2.36. The third kappa shape index (κ3) is 3.79. The average Bonchev–Trinajstić information content (AvgIpc) is 3.45. The molecule has 30 heavy (non-hydrogen) atoms. The fraction of sp³-hybridized carbons (Fsp3) is 0.476. The third-order valence-corrected chi connectivity index (χ3v) is 5.83. The van der Waals surface area contributed by atoms with E-state index in [1.54, 1.807) is 23.4 Å². The molecule has 1 saturated carbocycles. The van der Waals surface area contributed by atoms with Crippen LogP contribution in [0.1, 0.15) is 25.7 Å². The van der Waals surface area contributed by atoms with Crippen molar-refractivity contribution in [2.45, 2.75) is 37.8 Å². The van der Waals surface area contributed by atoms with Crippen molar-refractivity contribution in [2.24, 2.45) is 0 Å². The lowest BCUT2D eigenvalue weighted by Gasteiger charge is -2.40. The minimum Gasteiger partial charge on any atom is -0.363 e. The van der Waals surface area contributed by atoms with Crippen LogP contribution in [0.25, 0.3) is 5.82 Å². The molecule has 4 heterocycles. The van der Waals surface area contributed by atoms with Crippen molar-refractivity contribution in [3.8, 4) is 5.82 Å². The van der Waals surface area contributed by atoms with Crippen LogP contribution in [0.3, 0.4) is 0 Å². The fourth-order valence-electron chi connectivity index (χ4n) is 4.13. The van der Waals surface area contributed by atoms with Crippen LogP contribution in [0.2, 0.25) is 0 Å². The van der Waals surface area contributed by atoms with E-state index in [9.17, 15) is 0 Å². The molecule has 9 heteroatoms. The Morgan fingerprint density at radius 2 is 1.67 bits per heavy atom. The second-order valence-corrected chi connectivity index (χ2v) is 8.17. The summed E-state index contributed by atoms with van der Waals surface area (Å²) in [7, 11) is 4.04. The number of nitrogens with zero attached hydrogens (tertiary/aromatic N) is 9. The van der Waals surface area contributed by atoms with Gasteiger partial charge in [-0.1, -0.05) is 0 Å². The topological polar surface area (TPSA) is 79.1 Å². The lowest BCUT2D eigenvalue weighted by molar-refractivity contribution is 0.457. The maximum atomic E-state index is 4.77. The summed E-state index contributed by atoms with van der Waals surface area (Å²) in [6, 6.07) is 5.10. The summed E-state index contributed by atoms with van der Waals surface area (Å²) < 4.78 is 1.75. The first-order valence-corrected chi connectivity index (χ1v) is 10.5. The van der Waals surface area contributed by atoms with Gasteiger partial charge in [-0.2, -0.15) is 5.10 Å². The first-order valence-electron chi connectivity index (χ1n) is 10.5. The molecule has 9 nitrogen and oxygen atoms in total. The van der Waals surface area contributed by atoms with Crippen LogP contribution in [0.4, 0.5) is 17.5 Å². The first-order chi connectivity index (χ1) is 14.7. The number of hydrogen-bond acceptors (Lipinski definition) is 8. The van der Waals surface area contributed by atoms with Gasteiger partial charge in [-0.15, -0.1) is 0 Å². The van der Waals surface area contributed by atoms with Gasteiger partial charge in [0.2, 0.25) is 0 Å². The second kappa shape index (κ2) is 7.89. The van der Waals surface area contributed by atoms with E-state index >= 15 is 0 Å². The molecule has 0 N–H and O–H groups in total. The van der Waals surface area contributed by atoms with Gasteiger partial charge in [-0.25, -0.2) is 19.6 Å². The number of piperidine rings is 1. The van der Waals surface area contributed by atoms with Crippen molar-refractivity contribution >= 4 is 17.5 Å². The van der Waals surface area contributed by atoms with Crippen molar-refractivity contribution < 1.29 is 0 Å². The zero-order valence-corrected chi connectivity index (χ0v) is 17.5. The van der Waals surface area contributed by atoms with Crippen LogP contribution in [0.15, 0.2) is 43.2 Å². The second-order valence-electron chi connectivity index (χ2n) is 8.17. The smallest absolute Gasteiger partial charge is 0.173 e. The average molecular weight is 406 g/mol. The van der Waals surface area contributed by atoms with Gasteiger partial charge in [-0.05, 0) is 31.7 Å². The Labute approximate surface area is 176 Å². The lowest BCUT2D eigenvalue weighted by atomic mass is 10.0. The predicted octanol–water partition coefficient (Wildman–Crippen LogP) is 2.16. The zero-order valence-electron chi connectivity index (χ0n) is 17.5. The Morgan fingerprint density at radius 1 is 0.933 bits per heavy atom. The maximum absolute atomic E-state index is 4.77. The van der Waals surface area contributed by atoms with Gasteiger partial charge in [0.05, 0.1) is 12.4 Å². The van der Waals surface area contributed by atoms with Gasteiger partial charge in [0.15, 0.2) is 5.82 Å². The van der Waals surface area contributed by atoms with E-state index in [0.29, 0.717) is 12.1 Å². The zero-order chi connectivity index (χ0) is 20.5. The van der Waals surface area contributed by atoms with Crippen LogP contribution >= 0.6 is 0 Å². The van der Waals surface area contributed by atoms with Gasteiger partial charge in [-0.3, -0.25) is 4.98 Å². The molecule has 2 fully saturated rings. The van der Waals surface area contributed by atoms with Gasteiger partial charge >= 0.3 is 0 Å². The van der Waals surface area contributed by atoms with Crippen molar-refractivity contribution in [1.82, 2.24) is 29.7 Å². The molecule has 0 amide bonds. The maximum Gasteiger partial charge on any atom is 0.173 e. The molecule has 0 radical (unpaired) electrons. The Balaban J connectivity index is 1.30. The summed E-state index contributed by atoms with van der Waals surface area (Å²) in [6.07, 6.45) is 13.6. The van der Waals surface area contributed by atoms with Crippen molar-refractivity contribution in [1.29, 1.82) is 0 Å². The molecule has 1 aliphatic heterocycles. The molecule has 156 valence electrons. The van der Waals surface area contributed by atoms with Crippen molar-refractivity contribution in [3.63, 3.8) is 0 Å². The Morgan fingerprint density at radius 3 is 2.37 bits per heavy atom. The molecule has 1 aliphatic carbocycles. The molecule has 1 saturated heterocycles. The van der Waals surface area contributed by atoms with Crippen LogP contribution in [-0.4, -0.2) is 69.0 Å². The molecule has 0 atom stereocenters. The molecular weight excluding hydrogens is 378 g/mol. The Hall–Kier alpha value is -3.23. The van der Waals surface area contributed by atoms with E-state index in [-0.39, 0.29) is 0 Å². The highest BCUT2D eigenvalue weighted by molar-refractivity contribution is 5.52. The number of rotatable bonds is 6. The van der Waals surface area contributed by atoms with Gasteiger partial charge in [0, 0.05) is 57.7 Å². The quantitative estimate of drug-likeness (QED) is 0.617. The van der Waals surface area contributed by atoms with E-state index in [1.165, 1.54) is 12.8 Å². The standard InChI is InChI=1S/C21H27N9/c1-27(2)18-12-19(24-15-23-18)30(16-4-5-16)17-6-10-28(11-7-17)20-13-22-14-21(26-20)29-9-3-8-25-29/h3,8-9,12-17H,4-7,10-11H2,1-2H3. The lowest BCUT2D eigenvalue weighted by Crippen LogP contribution is -2.46. The minimum absolute atomic E-state index is 0.487. The Kier molecular flexibility index (Phi) is 4.94. The van der Waals surface area contributed by atoms with Gasteiger partial charge in [0.1, 0.15) is 23.8 Å². The molecule has 0 spiro atoms. The predicted molar refractivity (Wildman–Crippen MR) is 116 cm³/mol. The Bertz CT molecular complexity index is 976. The first kappa shape index (κ1) is 18.8. The molecule has 3 aromatic heterocycles. The molecule has 2 aliphatic rings. The number of anilines is 3. The van der Waals surface area contributed by atoms with Crippen molar-refractivity contribution in [2.75, 3.05) is 41.9 Å². The summed E-state index contributed by atoms with van der Waals surface area (Å²) in [5.74, 6) is 3.66. The summed E-state index contributed by atoms with van der Waals surface area (Å²) in [5, 5.41) is 4.26. The SMILES string of the molecule is CN(C)c1cc(N(C2CC2)C2CCN(c3cncc(-n4cccn4)n3)CC2)ncn1. The van der Waals surface area contributed by atoms with Gasteiger partial charge in [0.25, 0.3) is 0 Å². The highest BCUT2D eigenvalue weighted by Gasteiger charge is 2.36. The molecule has 0 bridgehead atoms. The molecule has 0 unspecified atom stereocenters. The van der Waals surface area contributed by atoms with Crippen LogP contribution in [0, 0.1) is 0 Å². The molecular formula is C21H27N9. The fourth-order valence-corrected chi connectivity index (χ4v) is 4.13. The van der Waals surface area contributed by atoms with Gasteiger partial charge < -0.3 is 14.7 Å². The van der Waals surface area contributed by atoms with E-state index in [2.05, 4.69) is 35.9 Å². The molecule has 5 rings (SSSR count). The van der Waals surface area contributed by atoms with E-state index in [0.717, 1.165) is 49.2 Å². The van der Waals surface area contributed by atoms with E-state index < -0.39 is 0 Å². The minimum atomic E-state index is 0.487. The van der Waals surface area contributed by atoms with Crippen LogP contribution < -0.4 is 14.7 Å². The highest BCUT2D eigenvalue weighted by atomic mass is 15.3. The van der Waals surface area contributed by atoms with E-state index in [1.807, 2.05) is 37.5 Å². The molecule has 3 aromatic rings. The summed E-state index contributed by atoms with van der Waals surface area (Å²) >= 11 is 0. The van der Waals surface area contributed by atoms with Crippen molar-refractivity contribution in [3.05, 3.63) is 43.2 Å². The monoisotopic (exact) mass is 405 g/mol. The van der Waals surface area contributed by atoms with Crippen LogP contribution in [-0.2, 0) is 0 Å².